The molecule has 1 unspecified atom stereocenters. The smallest absolute Gasteiger partial charge is 0.355 e. The minimum atomic E-state index is -4.18. The molecule has 0 aliphatic carbocycles. The van der Waals surface area contributed by atoms with Gasteiger partial charge in [-0.05, 0) is 12.5 Å². The number of benzene rings is 1. The molecule has 0 saturated carbocycles. The average Bonchev–Trinajstić information content (AvgIpc) is 2.89. The summed E-state index contributed by atoms with van der Waals surface area (Å²) in [6.45, 7) is 1.49. The molecule has 1 aromatic heterocycles. The summed E-state index contributed by atoms with van der Waals surface area (Å²) in [5, 5.41) is 23.6. The molecule has 2 aromatic rings. The highest BCUT2D eigenvalue weighted by Crippen LogP contribution is 2.22. The number of aromatic nitrogens is 2. The lowest BCUT2D eigenvalue weighted by atomic mass is 10.1. The van der Waals surface area contributed by atoms with Crippen molar-refractivity contribution in [2.24, 2.45) is 7.05 Å². The number of rotatable bonds is 6. The molecule has 0 saturated heterocycles. The summed E-state index contributed by atoms with van der Waals surface area (Å²) in [4.78, 5) is 20.9. The molecule has 0 amide bonds. The van der Waals surface area contributed by atoms with Crippen LogP contribution < -0.4 is 4.72 Å². The highest BCUT2D eigenvalue weighted by atomic mass is 32.2. The Labute approximate surface area is 136 Å². The summed E-state index contributed by atoms with van der Waals surface area (Å²) < 4.78 is 28.1. The Morgan fingerprint density at radius 2 is 2.12 bits per heavy atom. The van der Waals surface area contributed by atoms with Crippen LogP contribution in [0.2, 0.25) is 0 Å². The number of carboxylic acids is 1. The van der Waals surface area contributed by atoms with Gasteiger partial charge in [-0.15, -0.1) is 0 Å². The lowest BCUT2D eigenvalue weighted by Crippen LogP contribution is -2.28. The fraction of sp³-hybridized carbons (Fsp3) is 0.231. The molecule has 2 rings (SSSR count). The van der Waals surface area contributed by atoms with Gasteiger partial charge in [0.15, 0.2) is 5.69 Å². The van der Waals surface area contributed by atoms with E-state index < -0.39 is 37.5 Å². The van der Waals surface area contributed by atoms with Gasteiger partial charge in [0.1, 0.15) is 4.90 Å². The van der Waals surface area contributed by atoms with E-state index in [1.807, 2.05) is 0 Å². The zero-order valence-corrected chi connectivity index (χ0v) is 13.5. The molecule has 1 atom stereocenters. The van der Waals surface area contributed by atoms with Crippen LogP contribution in [0.15, 0.2) is 35.4 Å². The van der Waals surface area contributed by atoms with E-state index in [1.54, 1.807) is 0 Å². The van der Waals surface area contributed by atoms with Crippen molar-refractivity contribution in [3.8, 4) is 0 Å². The van der Waals surface area contributed by atoms with Gasteiger partial charge in [0.25, 0.3) is 5.69 Å². The van der Waals surface area contributed by atoms with Crippen LogP contribution in [0.5, 0.6) is 0 Å². The third-order valence-corrected chi connectivity index (χ3v) is 4.85. The first-order valence-corrected chi connectivity index (χ1v) is 8.13. The molecule has 2 N–H and O–H groups in total. The Morgan fingerprint density at radius 3 is 2.71 bits per heavy atom. The highest BCUT2D eigenvalue weighted by Gasteiger charge is 2.28. The normalized spacial score (nSPS) is 12.8. The van der Waals surface area contributed by atoms with Gasteiger partial charge >= 0.3 is 5.97 Å². The van der Waals surface area contributed by atoms with Crippen LogP contribution in [0.4, 0.5) is 5.69 Å². The molecule has 1 aromatic carbocycles. The number of hydrogen-bond acceptors (Lipinski definition) is 6. The highest BCUT2D eigenvalue weighted by molar-refractivity contribution is 7.89. The first kappa shape index (κ1) is 17.6. The monoisotopic (exact) mass is 354 g/mol. The Kier molecular flexibility index (Phi) is 4.66. The molecule has 0 radical (unpaired) electrons. The third kappa shape index (κ3) is 3.41. The van der Waals surface area contributed by atoms with Crippen LogP contribution in [-0.4, -0.2) is 34.2 Å². The number of hydrogen-bond donors (Lipinski definition) is 2. The predicted octanol–water partition coefficient (Wildman–Crippen LogP) is 1.07. The number of nitro groups is 1. The number of carboxylic acid groups (broad SMARTS) is 1. The third-order valence-electron chi connectivity index (χ3n) is 3.31. The quantitative estimate of drug-likeness (QED) is 0.583. The minimum Gasteiger partial charge on any atom is -0.476 e. The second-order valence-electron chi connectivity index (χ2n) is 4.98. The molecule has 0 spiro atoms. The first-order chi connectivity index (χ1) is 11.1. The Balaban J connectivity index is 2.34. The maximum Gasteiger partial charge on any atom is 0.355 e. The van der Waals surface area contributed by atoms with E-state index in [9.17, 15) is 23.3 Å². The van der Waals surface area contributed by atoms with Gasteiger partial charge in [0.2, 0.25) is 10.0 Å². The molecule has 0 fully saturated rings. The van der Waals surface area contributed by atoms with Crippen LogP contribution in [0.25, 0.3) is 0 Å². The van der Waals surface area contributed by atoms with Crippen LogP contribution in [-0.2, 0) is 17.1 Å². The van der Waals surface area contributed by atoms with Gasteiger partial charge in [-0.25, -0.2) is 17.9 Å². The van der Waals surface area contributed by atoms with Crippen molar-refractivity contribution in [1.82, 2.24) is 14.5 Å². The van der Waals surface area contributed by atoms with Crippen molar-refractivity contribution in [3.63, 3.8) is 0 Å². The maximum atomic E-state index is 12.4. The van der Waals surface area contributed by atoms with Gasteiger partial charge in [-0.2, -0.15) is 5.10 Å². The Bertz CT molecular complexity index is 905. The number of aryl methyl sites for hydroxylation is 1. The average molecular weight is 354 g/mol. The lowest BCUT2D eigenvalue weighted by Gasteiger charge is -2.14. The van der Waals surface area contributed by atoms with Crippen molar-refractivity contribution in [1.29, 1.82) is 0 Å². The van der Waals surface area contributed by atoms with Gasteiger partial charge in [0.05, 0.1) is 11.1 Å². The number of nitro benzene ring substituents is 1. The SMILES string of the molecule is CC(NS(=O)(=O)c1cnn(C)c1C(=O)O)c1cccc([N+](=O)[O-])c1. The fourth-order valence-corrected chi connectivity index (χ4v) is 3.52. The minimum absolute atomic E-state index is 0.175. The molecule has 24 heavy (non-hydrogen) atoms. The molecule has 128 valence electrons. The molecular weight excluding hydrogens is 340 g/mol. The van der Waals surface area contributed by atoms with E-state index in [0.29, 0.717) is 5.56 Å². The molecule has 0 aliphatic rings. The van der Waals surface area contributed by atoms with E-state index >= 15 is 0 Å². The van der Waals surface area contributed by atoms with Crippen molar-refractivity contribution in [3.05, 3.63) is 51.8 Å². The van der Waals surface area contributed by atoms with Crippen molar-refractivity contribution >= 4 is 21.7 Å². The van der Waals surface area contributed by atoms with E-state index in [0.717, 1.165) is 10.9 Å². The number of nitrogens with zero attached hydrogens (tertiary/aromatic N) is 3. The summed E-state index contributed by atoms with van der Waals surface area (Å²) in [6.07, 6.45) is 0.936. The Hall–Kier alpha value is -2.79. The van der Waals surface area contributed by atoms with Crippen LogP contribution in [0.3, 0.4) is 0 Å². The largest absolute Gasteiger partial charge is 0.476 e. The molecule has 11 heteroatoms. The first-order valence-electron chi connectivity index (χ1n) is 6.65. The predicted molar refractivity (Wildman–Crippen MR) is 82.0 cm³/mol. The number of carbonyl (C=O) groups is 1. The molecule has 1 heterocycles. The Morgan fingerprint density at radius 1 is 1.46 bits per heavy atom. The van der Waals surface area contributed by atoms with E-state index in [2.05, 4.69) is 9.82 Å². The van der Waals surface area contributed by atoms with E-state index in [1.165, 1.54) is 38.2 Å². The standard InChI is InChI=1S/C13H14N4O6S/c1-8(9-4-3-5-10(6-9)17(20)21)15-24(22,23)11-7-14-16(2)12(11)13(18)19/h3-8,15H,1-2H3,(H,18,19). The van der Waals surface area contributed by atoms with Crippen LogP contribution >= 0.6 is 0 Å². The number of non-ortho nitro benzene ring substituents is 1. The maximum absolute atomic E-state index is 12.4. The second kappa shape index (κ2) is 6.37. The molecule has 0 aliphatic heterocycles. The topological polar surface area (TPSA) is 144 Å². The van der Waals surface area contributed by atoms with E-state index in [4.69, 9.17) is 5.11 Å². The van der Waals surface area contributed by atoms with Crippen molar-refractivity contribution in [2.45, 2.75) is 17.9 Å². The molecule has 10 nitrogen and oxygen atoms in total. The van der Waals surface area contributed by atoms with Gasteiger partial charge in [0, 0.05) is 25.2 Å². The number of sulfonamides is 1. The van der Waals surface area contributed by atoms with Crippen LogP contribution in [0.1, 0.15) is 29.0 Å². The summed E-state index contributed by atoms with van der Waals surface area (Å²) in [5.41, 5.74) is -0.284. The van der Waals surface area contributed by atoms with Gasteiger partial charge in [-0.1, -0.05) is 12.1 Å². The summed E-state index contributed by atoms with van der Waals surface area (Å²) >= 11 is 0. The molecule has 0 bridgehead atoms. The van der Waals surface area contributed by atoms with Gasteiger partial charge < -0.3 is 5.11 Å². The van der Waals surface area contributed by atoms with Crippen LogP contribution in [0, 0.1) is 10.1 Å². The zero-order valence-electron chi connectivity index (χ0n) is 12.7. The van der Waals surface area contributed by atoms with Crippen molar-refractivity contribution in [2.75, 3.05) is 0 Å². The molecular formula is C13H14N4O6S. The summed E-state index contributed by atoms with van der Waals surface area (Å²) in [7, 11) is -2.87. The zero-order chi connectivity index (χ0) is 18.1. The lowest BCUT2D eigenvalue weighted by molar-refractivity contribution is -0.384. The van der Waals surface area contributed by atoms with E-state index in [-0.39, 0.29) is 5.69 Å². The number of nitrogens with one attached hydrogen (secondary N) is 1. The fourth-order valence-electron chi connectivity index (χ4n) is 2.13. The summed E-state index contributed by atoms with van der Waals surface area (Å²) in [6, 6.07) is 4.69. The summed E-state index contributed by atoms with van der Waals surface area (Å²) in [5.74, 6) is -1.43. The van der Waals surface area contributed by atoms with Gasteiger partial charge in [-0.3, -0.25) is 14.8 Å². The number of aromatic carboxylic acids is 1. The van der Waals surface area contributed by atoms with Crippen molar-refractivity contribution < 1.29 is 23.2 Å². The second-order valence-corrected chi connectivity index (χ2v) is 6.66.